The first-order valence-electron chi connectivity index (χ1n) is 13.4. The summed E-state index contributed by atoms with van der Waals surface area (Å²) < 4.78 is 34.3. The Bertz CT molecular complexity index is 1700. The van der Waals surface area contributed by atoms with Gasteiger partial charge in [0.2, 0.25) is 0 Å². The second-order valence-corrected chi connectivity index (χ2v) is 10.7. The number of hydrogen-bond acceptors (Lipinski definition) is 4. The van der Waals surface area contributed by atoms with Crippen molar-refractivity contribution >= 4 is 22.3 Å². The van der Waals surface area contributed by atoms with E-state index in [9.17, 15) is 9.18 Å². The lowest BCUT2D eigenvalue weighted by molar-refractivity contribution is 0.570. The summed E-state index contributed by atoms with van der Waals surface area (Å²) in [5, 5.41) is 8.49. The van der Waals surface area contributed by atoms with Crippen molar-refractivity contribution in [1.82, 2.24) is 24.2 Å². The van der Waals surface area contributed by atoms with Gasteiger partial charge < -0.3 is 5.32 Å². The van der Waals surface area contributed by atoms with Crippen LogP contribution in [0.1, 0.15) is 36.5 Å². The van der Waals surface area contributed by atoms with Gasteiger partial charge in [-0.1, -0.05) is 12.1 Å². The van der Waals surface area contributed by atoms with Crippen molar-refractivity contribution in [3.63, 3.8) is 0 Å². The Labute approximate surface area is 225 Å². The molecule has 1 fully saturated rings. The van der Waals surface area contributed by atoms with E-state index in [0.717, 1.165) is 47.3 Å². The maximum atomic E-state index is 15.3. The van der Waals surface area contributed by atoms with Gasteiger partial charge in [-0.2, -0.15) is 5.10 Å². The lowest BCUT2D eigenvalue weighted by atomic mass is 9.85. The molecule has 0 saturated carbocycles. The zero-order valence-electron chi connectivity index (χ0n) is 22.6. The summed E-state index contributed by atoms with van der Waals surface area (Å²) in [6.45, 7) is 7.14. The first kappa shape index (κ1) is 25.4. The number of allylic oxidation sites excluding steroid dienone is 1. The van der Waals surface area contributed by atoms with Crippen LogP contribution in [0.2, 0.25) is 0 Å². The van der Waals surface area contributed by atoms with Gasteiger partial charge in [0.1, 0.15) is 11.6 Å². The smallest absolute Gasteiger partial charge is 0.310 e. The zero-order chi connectivity index (χ0) is 27.4. The van der Waals surface area contributed by atoms with Crippen molar-refractivity contribution in [3.05, 3.63) is 87.2 Å². The molecule has 39 heavy (non-hydrogen) atoms. The first-order chi connectivity index (χ1) is 18.7. The summed E-state index contributed by atoms with van der Waals surface area (Å²) >= 11 is 0. The number of fused-ring (bicyclic) bond motifs is 2. The number of aliphatic imine (C=N–C) groups is 1. The average Bonchev–Trinajstić information content (AvgIpc) is 3.38. The number of nitrogens with one attached hydrogen (secondary N) is 1. The van der Waals surface area contributed by atoms with Crippen molar-refractivity contribution in [1.29, 1.82) is 0 Å². The first-order valence-corrected chi connectivity index (χ1v) is 13.4. The highest BCUT2D eigenvalue weighted by atomic mass is 19.1. The van der Waals surface area contributed by atoms with Crippen molar-refractivity contribution in [2.24, 2.45) is 18.0 Å². The van der Waals surface area contributed by atoms with Crippen LogP contribution < -0.4 is 11.0 Å². The second-order valence-electron chi connectivity index (χ2n) is 10.7. The summed E-state index contributed by atoms with van der Waals surface area (Å²) in [6.07, 6.45) is 7.20. The van der Waals surface area contributed by atoms with Gasteiger partial charge in [-0.05, 0) is 56.4 Å². The van der Waals surface area contributed by atoms with Crippen LogP contribution in [-0.2, 0) is 13.5 Å². The van der Waals surface area contributed by atoms with Crippen molar-refractivity contribution in [2.45, 2.75) is 46.1 Å². The molecule has 2 aromatic heterocycles. The van der Waals surface area contributed by atoms with E-state index in [-0.39, 0.29) is 29.2 Å². The molecule has 0 spiro atoms. The molecule has 4 aromatic rings. The fourth-order valence-electron chi connectivity index (χ4n) is 6.19. The van der Waals surface area contributed by atoms with Gasteiger partial charge in [0.25, 0.3) is 0 Å². The van der Waals surface area contributed by atoms with Crippen LogP contribution in [0.5, 0.6) is 0 Å². The minimum absolute atomic E-state index is 0.00326. The molecular weight excluding hydrogens is 498 g/mol. The zero-order valence-corrected chi connectivity index (χ0v) is 22.6. The maximum absolute atomic E-state index is 15.3. The number of aromatic nitrogens is 4. The predicted octanol–water partition coefficient (Wildman–Crippen LogP) is 4.72. The van der Waals surface area contributed by atoms with Crippen LogP contribution in [0.3, 0.4) is 0 Å². The number of rotatable bonds is 4. The summed E-state index contributed by atoms with van der Waals surface area (Å²) in [5.74, 6) is -0.713. The van der Waals surface area contributed by atoms with E-state index < -0.39 is 5.82 Å². The molecule has 2 atom stereocenters. The second kappa shape index (κ2) is 9.72. The number of hydrogen-bond donors (Lipinski definition) is 1. The van der Waals surface area contributed by atoms with E-state index in [0.29, 0.717) is 29.6 Å². The highest BCUT2D eigenvalue weighted by Crippen LogP contribution is 2.34. The van der Waals surface area contributed by atoms with E-state index in [1.807, 2.05) is 12.1 Å². The fourth-order valence-corrected chi connectivity index (χ4v) is 6.19. The van der Waals surface area contributed by atoms with Gasteiger partial charge in [-0.25, -0.2) is 13.6 Å². The van der Waals surface area contributed by atoms with Crippen LogP contribution in [0.4, 0.5) is 8.78 Å². The summed E-state index contributed by atoms with van der Waals surface area (Å²) in [5.41, 5.74) is 5.69. The standard InChI is InChI=1S/C30H32F2N6O/c1-17-11-20(12-18(2)28(17)32)13-21-5-7-34-24-6-8-33-19(3)27(24)29(21)38-10-9-37(30(38)39)26-14-22-16-35-36(4)25(22)15-23(26)31/h9-12,14-16,19,21,33H,5-8,13H2,1-4H3/t19-,21?/m0/s1. The molecule has 9 heteroatoms. The topological polar surface area (TPSA) is 69.1 Å². The van der Waals surface area contributed by atoms with Crippen LogP contribution in [0, 0.1) is 31.4 Å². The van der Waals surface area contributed by atoms with E-state index in [2.05, 4.69) is 17.3 Å². The number of nitrogens with zero attached hydrogens (tertiary/aromatic N) is 5. The monoisotopic (exact) mass is 530 g/mol. The quantitative estimate of drug-likeness (QED) is 0.415. The van der Waals surface area contributed by atoms with Crippen LogP contribution in [-0.4, -0.2) is 43.8 Å². The Kier molecular flexibility index (Phi) is 6.33. The highest BCUT2D eigenvalue weighted by Gasteiger charge is 2.32. The molecule has 0 bridgehead atoms. The van der Waals surface area contributed by atoms with E-state index in [4.69, 9.17) is 4.99 Å². The average molecular weight is 531 g/mol. The third-order valence-electron chi connectivity index (χ3n) is 8.09. The molecule has 0 aliphatic carbocycles. The van der Waals surface area contributed by atoms with Gasteiger partial charge in [0, 0.05) is 79.3 Å². The van der Waals surface area contributed by atoms with Crippen LogP contribution >= 0.6 is 0 Å². The van der Waals surface area contributed by atoms with Gasteiger partial charge >= 0.3 is 5.69 Å². The Morgan fingerprint density at radius 1 is 1.08 bits per heavy atom. The number of benzene rings is 2. The van der Waals surface area contributed by atoms with Crippen LogP contribution in [0.25, 0.3) is 22.3 Å². The summed E-state index contributed by atoms with van der Waals surface area (Å²) in [7, 11) is 1.76. The summed E-state index contributed by atoms with van der Waals surface area (Å²) in [6, 6.07) is 6.87. The minimum atomic E-state index is -0.492. The van der Waals surface area contributed by atoms with E-state index in [1.54, 1.807) is 54.8 Å². The van der Waals surface area contributed by atoms with E-state index in [1.165, 1.54) is 10.6 Å². The third-order valence-corrected chi connectivity index (χ3v) is 8.09. The van der Waals surface area contributed by atoms with Crippen LogP contribution in [0.15, 0.2) is 58.2 Å². The normalized spacial score (nSPS) is 19.8. The number of aryl methyl sites for hydroxylation is 3. The number of imidazole rings is 1. The largest absolute Gasteiger partial charge is 0.337 e. The molecule has 4 heterocycles. The molecule has 2 aromatic carbocycles. The Hall–Kier alpha value is -3.85. The molecule has 1 unspecified atom stereocenters. The third kappa shape index (κ3) is 4.34. The number of halogens is 2. The molecule has 0 amide bonds. The van der Waals surface area contributed by atoms with Gasteiger partial charge in [0.15, 0.2) is 0 Å². The highest BCUT2D eigenvalue weighted by molar-refractivity contribution is 6.06. The summed E-state index contributed by atoms with van der Waals surface area (Å²) in [4.78, 5) is 18.9. The number of piperidine rings is 1. The fraction of sp³-hybridized carbons (Fsp3) is 0.367. The molecule has 202 valence electrons. The van der Waals surface area contributed by atoms with Gasteiger partial charge in [0.05, 0.1) is 17.4 Å². The lowest BCUT2D eigenvalue weighted by Gasteiger charge is -2.30. The minimum Gasteiger partial charge on any atom is -0.310 e. The Morgan fingerprint density at radius 2 is 1.82 bits per heavy atom. The molecule has 2 aliphatic rings. The predicted molar refractivity (Wildman–Crippen MR) is 150 cm³/mol. The van der Waals surface area contributed by atoms with Crippen molar-refractivity contribution in [3.8, 4) is 5.69 Å². The van der Waals surface area contributed by atoms with Gasteiger partial charge in [-0.15, -0.1) is 0 Å². The van der Waals surface area contributed by atoms with E-state index >= 15 is 4.39 Å². The van der Waals surface area contributed by atoms with Gasteiger partial charge in [-0.3, -0.25) is 18.8 Å². The molecule has 2 aliphatic heterocycles. The maximum Gasteiger partial charge on any atom is 0.337 e. The molecule has 0 radical (unpaired) electrons. The molecule has 1 N–H and O–H groups in total. The molecular formula is C30H32F2N6O. The molecule has 6 rings (SSSR count). The van der Waals surface area contributed by atoms with Crippen molar-refractivity contribution in [2.75, 3.05) is 13.1 Å². The molecule has 7 nitrogen and oxygen atoms in total. The Morgan fingerprint density at radius 3 is 2.59 bits per heavy atom. The lowest BCUT2D eigenvalue weighted by Crippen LogP contribution is -2.41. The van der Waals surface area contributed by atoms with Crippen molar-refractivity contribution < 1.29 is 8.78 Å². The SMILES string of the molecule is Cc1cc(CC2CCN=C3CCN[C@@H](C)C3=C2n2ccn(-c3cc4cnn(C)c4cc3F)c2=O)cc(C)c1F. The Balaban J connectivity index is 1.50. The molecule has 1 saturated heterocycles.